The van der Waals surface area contributed by atoms with Crippen LogP contribution in [-0.2, 0) is 11.2 Å². The maximum absolute atomic E-state index is 11.4. The molecule has 120 valence electrons. The number of Topliss-reactive ketones (excluding diaryl/α,β-unsaturated/α-hetero) is 1. The second kappa shape index (κ2) is 12.4. The number of benzene rings is 1. The number of hydrogen-bond donors (Lipinski definition) is 1. The van der Waals surface area contributed by atoms with E-state index >= 15 is 0 Å². The predicted octanol–water partition coefficient (Wildman–Crippen LogP) is 5.62. The Labute approximate surface area is 131 Å². The number of nitrogens with one attached hydrogen (secondary N) is 1. The van der Waals surface area contributed by atoms with Crippen LogP contribution >= 0.6 is 0 Å². The van der Waals surface area contributed by atoms with Crippen LogP contribution in [0.3, 0.4) is 0 Å². The quantitative estimate of drug-likeness (QED) is 0.599. The van der Waals surface area contributed by atoms with Gasteiger partial charge in [0.15, 0.2) is 0 Å². The lowest BCUT2D eigenvalue weighted by Gasteiger charge is -2.10. The van der Waals surface area contributed by atoms with Crippen LogP contribution in [0.5, 0.6) is 0 Å². The van der Waals surface area contributed by atoms with Crippen molar-refractivity contribution >= 4 is 11.5 Å². The van der Waals surface area contributed by atoms with Crippen molar-refractivity contribution in [3.63, 3.8) is 0 Å². The molecule has 0 radical (unpaired) electrons. The highest BCUT2D eigenvalue weighted by Crippen LogP contribution is 2.13. The van der Waals surface area contributed by atoms with Crippen LogP contribution in [0, 0.1) is 0 Å². The van der Waals surface area contributed by atoms with Crippen LogP contribution in [0.1, 0.15) is 72.3 Å². The van der Waals surface area contributed by atoms with Gasteiger partial charge in [-0.3, -0.25) is 4.79 Å². The third-order valence-corrected chi connectivity index (χ3v) is 3.11. The lowest BCUT2D eigenvalue weighted by molar-refractivity contribution is -0.119. The molecule has 0 saturated heterocycles. The Hall–Kier alpha value is -1.31. The average molecular weight is 291 g/mol. The molecule has 1 aromatic carbocycles. The van der Waals surface area contributed by atoms with E-state index in [9.17, 15) is 4.79 Å². The number of carbonyl (C=O) groups excluding carboxylic acids is 1. The summed E-state index contributed by atoms with van der Waals surface area (Å²) in [5.41, 5.74) is 2.54. The summed E-state index contributed by atoms with van der Waals surface area (Å²) in [5, 5.41) is 3.38. The van der Waals surface area contributed by atoms with Crippen molar-refractivity contribution in [2.75, 3.05) is 5.32 Å². The minimum absolute atomic E-state index is 0.416. The molecule has 0 bridgehead atoms. The lowest BCUT2D eigenvalue weighted by Crippen LogP contribution is -2.09. The topological polar surface area (TPSA) is 29.1 Å². The molecular formula is C19H33NO. The fourth-order valence-electron chi connectivity index (χ4n) is 2.16. The van der Waals surface area contributed by atoms with E-state index < -0.39 is 0 Å². The zero-order chi connectivity index (χ0) is 16.1. The molecule has 0 amide bonds. The van der Waals surface area contributed by atoms with Crippen LogP contribution in [0.25, 0.3) is 0 Å². The van der Waals surface area contributed by atoms with Gasteiger partial charge < -0.3 is 5.32 Å². The standard InChI is InChI=1S/C17H27NO.C2H6/c1-4-7-17(19)9-6-5-8-15-10-12-16(13-11-15)18-14(2)3;1-2/h10-14,18H,4-9H2,1-3H3;1-2H3. The van der Waals surface area contributed by atoms with Gasteiger partial charge in [-0.25, -0.2) is 0 Å². The number of unbranched alkanes of at least 4 members (excludes halogenated alkanes) is 1. The molecule has 0 aliphatic carbocycles. The van der Waals surface area contributed by atoms with Crippen molar-refractivity contribution in [1.29, 1.82) is 0 Å². The summed E-state index contributed by atoms with van der Waals surface area (Å²) < 4.78 is 0. The monoisotopic (exact) mass is 291 g/mol. The van der Waals surface area contributed by atoms with Crippen molar-refractivity contribution in [3.05, 3.63) is 29.8 Å². The molecule has 0 spiro atoms. The highest BCUT2D eigenvalue weighted by Gasteiger charge is 2.01. The van der Waals surface area contributed by atoms with E-state index in [0.717, 1.165) is 38.5 Å². The van der Waals surface area contributed by atoms with Gasteiger partial charge in [0, 0.05) is 24.6 Å². The molecule has 0 fully saturated rings. The Morgan fingerprint density at radius 1 is 1.05 bits per heavy atom. The Morgan fingerprint density at radius 3 is 2.19 bits per heavy atom. The van der Waals surface area contributed by atoms with Crippen LogP contribution in [0.2, 0.25) is 0 Å². The minimum Gasteiger partial charge on any atom is -0.383 e. The first kappa shape index (κ1) is 19.7. The lowest BCUT2D eigenvalue weighted by atomic mass is 10.0. The third kappa shape index (κ3) is 10.1. The van der Waals surface area contributed by atoms with Crippen molar-refractivity contribution in [1.82, 2.24) is 0 Å². The molecule has 1 rings (SSSR count). The van der Waals surface area contributed by atoms with E-state index in [0.29, 0.717) is 11.8 Å². The van der Waals surface area contributed by atoms with Crippen molar-refractivity contribution in [3.8, 4) is 0 Å². The van der Waals surface area contributed by atoms with Gasteiger partial charge in [-0.05, 0) is 57.2 Å². The van der Waals surface area contributed by atoms with E-state index in [4.69, 9.17) is 0 Å². The SMILES string of the molecule is CC.CCCC(=O)CCCCc1ccc(NC(C)C)cc1. The predicted molar refractivity (Wildman–Crippen MR) is 94.0 cm³/mol. The van der Waals surface area contributed by atoms with Crippen LogP contribution < -0.4 is 5.32 Å². The van der Waals surface area contributed by atoms with Gasteiger partial charge in [-0.15, -0.1) is 0 Å². The second-order valence-electron chi connectivity index (χ2n) is 5.49. The van der Waals surface area contributed by atoms with Gasteiger partial charge >= 0.3 is 0 Å². The third-order valence-electron chi connectivity index (χ3n) is 3.11. The van der Waals surface area contributed by atoms with Crippen molar-refractivity contribution in [2.45, 2.75) is 79.2 Å². The number of anilines is 1. The number of carbonyl (C=O) groups is 1. The molecule has 2 heteroatoms. The van der Waals surface area contributed by atoms with E-state index in [1.165, 1.54) is 11.3 Å². The molecule has 2 nitrogen and oxygen atoms in total. The highest BCUT2D eigenvalue weighted by molar-refractivity contribution is 5.78. The summed E-state index contributed by atoms with van der Waals surface area (Å²) in [6, 6.07) is 9.10. The van der Waals surface area contributed by atoms with Crippen LogP contribution in [0.4, 0.5) is 5.69 Å². The zero-order valence-electron chi connectivity index (χ0n) is 14.5. The van der Waals surface area contributed by atoms with Gasteiger partial charge in [0.1, 0.15) is 5.78 Å². The fraction of sp³-hybridized carbons (Fsp3) is 0.632. The summed E-state index contributed by atoms with van der Waals surface area (Å²) >= 11 is 0. The maximum Gasteiger partial charge on any atom is 0.132 e. The number of hydrogen-bond acceptors (Lipinski definition) is 2. The first-order valence-corrected chi connectivity index (χ1v) is 8.49. The summed E-state index contributed by atoms with van der Waals surface area (Å²) in [6.45, 7) is 10.3. The van der Waals surface area contributed by atoms with Crippen LogP contribution in [0.15, 0.2) is 24.3 Å². The molecule has 0 aliphatic rings. The molecule has 0 aromatic heterocycles. The first-order valence-electron chi connectivity index (χ1n) is 8.49. The summed E-state index contributed by atoms with van der Waals surface area (Å²) in [4.78, 5) is 11.4. The normalized spacial score (nSPS) is 10.0. The van der Waals surface area contributed by atoms with Crippen LogP contribution in [-0.4, -0.2) is 11.8 Å². The number of ketones is 1. The summed E-state index contributed by atoms with van der Waals surface area (Å²) in [5.74, 6) is 0.416. The average Bonchev–Trinajstić information content (AvgIpc) is 2.47. The molecule has 0 heterocycles. The van der Waals surface area contributed by atoms with Gasteiger partial charge in [0.05, 0.1) is 0 Å². The van der Waals surface area contributed by atoms with Gasteiger partial charge in [0.25, 0.3) is 0 Å². The number of rotatable bonds is 9. The maximum atomic E-state index is 11.4. The van der Waals surface area contributed by atoms with Crippen molar-refractivity contribution < 1.29 is 4.79 Å². The molecule has 0 saturated carbocycles. The van der Waals surface area contributed by atoms with E-state index in [1.54, 1.807) is 0 Å². The Kier molecular flexibility index (Phi) is 11.7. The zero-order valence-corrected chi connectivity index (χ0v) is 14.5. The second-order valence-corrected chi connectivity index (χ2v) is 5.49. The number of aryl methyl sites for hydroxylation is 1. The molecule has 0 unspecified atom stereocenters. The van der Waals surface area contributed by atoms with Crippen molar-refractivity contribution in [2.24, 2.45) is 0 Å². The molecular weight excluding hydrogens is 258 g/mol. The van der Waals surface area contributed by atoms with E-state index in [-0.39, 0.29) is 0 Å². The molecule has 21 heavy (non-hydrogen) atoms. The van der Waals surface area contributed by atoms with Gasteiger partial charge in [0.2, 0.25) is 0 Å². The molecule has 0 atom stereocenters. The van der Waals surface area contributed by atoms with E-state index in [1.807, 2.05) is 13.8 Å². The largest absolute Gasteiger partial charge is 0.383 e. The Morgan fingerprint density at radius 2 is 1.67 bits per heavy atom. The fourth-order valence-corrected chi connectivity index (χ4v) is 2.16. The van der Waals surface area contributed by atoms with E-state index in [2.05, 4.69) is 50.4 Å². The molecule has 1 aromatic rings. The van der Waals surface area contributed by atoms with Gasteiger partial charge in [-0.1, -0.05) is 32.9 Å². The van der Waals surface area contributed by atoms with Gasteiger partial charge in [-0.2, -0.15) is 0 Å². The Balaban J connectivity index is 0.00000191. The Bertz CT molecular complexity index is 368. The highest BCUT2D eigenvalue weighted by atomic mass is 16.1. The first-order chi connectivity index (χ1) is 10.1. The molecule has 1 N–H and O–H groups in total. The smallest absolute Gasteiger partial charge is 0.132 e. The minimum atomic E-state index is 0.416. The summed E-state index contributed by atoms with van der Waals surface area (Å²) in [6.07, 6.45) is 5.66. The summed E-state index contributed by atoms with van der Waals surface area (Å²) in [7, 11) is 0. The molecule has 0 aliphatic heterocycles.